The van der Waals surface area contributed by atoms with Crippen molar-refractivity contribution < 1.29 is 14.3 Å². The number of esters is 1. The van der Waals surface area contributed by atoms with E-state index in [9.17, 15) is 9.59 Å². The zero-order valence-electron chi connectivity index (χ0n) is 13.5. The molecule has 1 aromatic carbocycles. The highest BCUT2D eigenvalue weighted by Gasteiger charge is 2.29. The number of hydrogen-bond acceptors (Lipinski definition) is 4. The van der Waals surface area contributed by atoms with Gasteiger partial charge in [-0.2, -0.15) is 0 Å². The molecule has 0 aromatic heterocycles. The number of amides is 1. The van der Waals surface area contributed by atoms with Gasteiger partial charge in [0.1, 0.15) is 0 Å². The minimum absolute atomic E-state index is 0.116. The molecule has 2 atom stereocenters. The number of hydrogen-bond donors (Lipinski definition) is 1. The molecule has 120 valence electrons. The first-order chi connectivity index (χ1) is 10.5. The molecule has 5 nitrogen and oxygen atoms in total. The maximum atomic E-state index is 12.3. The van der Waals surface area contributed by atoms with Gasteiger partial charge in [0.15, 0.2) is 6.61 Å². The standard InChI is InChI=1S/C17H24N2O3/c1-12-7-6-8-13(2)19(12)16(20)11-22-17(21)14-9-4-5-10-15(14)18-3/h4-5,9-10,12-13,18H,6-8,11H2,1-3H3/t12-,13+. The molecule has 0 radical (unpaired) electrons. The Hall–Kier alpha value is -2.04. The van der Waals surface area contributed by atoms with Gasteiger partial charge in [0.2, 0.25) is 0 Å². The number of piperidine rings is 1. The molecule has 1 saturated heterocycles. The van der Waals surface area contributed by atoms with Crippen molar-refractivity contribution in [2.45, 2.75) is 45.2 Å². The molecule has 22 heavy (non-hydrogen) atoms. The molecule has 2 rings (SSSR count). The first-order valence-electron chi connectivity index (χ1n) is 7.79. The Morgan fingerprint density at radius 2 is 1.86 bits per heavy atom. The van der Waals surface area contributed by atoms with Crippen molar-refractivity contribution in [1.29, 1.82) is 0 Å². The van der Waals surface area contributed by atoms with Crippen LogP contribution in [0.5, 0.6) is 0 Å². The average Bonchev–Trinajstić information content (AvgIpc) is 2.52. The Bertz CT molecular complexity index is 534. The second-order valence-corrected chi connectivity index (χ2v) is 5.80. The van der Waals surface area contributed by atoms with Crippen LogP contribution < -0.4 is 5.32 Å². The molecule has 0 spiro atoms. The van der Waals surface area contributed by atoms with Gasteiger partial charge < -0.3 is 15.0 Å². The van der Waals surface area contributed by atoms with Crippen molar-refractivity contribution in [2.24, 2.45) is 0 Å². The van der Waals surface area contributed by atoms with Crippen molar-refractivity contribution in [3.8, 4) is 0 Å². The molecular formula is C17H24N2O3. The van der Waals surface area contributed by atoms with Crippen molar-refractivity contribution in [3.05, 3.63) is 29.8 Å². The Kier molecular flexibility index (Phi) is 5.41. The van der Waals surface area contributed by atoms with Gasteiger partial charge in [-0.15, -0.1) is 0 Å². The third-order valence-corrected chi connectivity index (χ3v) is 4.22. The first-order valence-corrected chi connectivity index (χ1v) is 7.79. The van der Waals surface area contributed by atoms with Gasteiger partial charge in [-0.3, -0.25) is 4.79 Å². The lowest BCUT2D eigenvalue weighted by Gasteiger charge is -2.38. The number of para-hydroxylation sites is 1. The maximum absolute atomic E-state index is 12.3. The van der Waals surface area contributed by atoms with Crippen LogP contribution >= 0.6 is 0 Å². The molecule has 1 aliphatic heterocycles. The number of rotatable bonds is 4. The van der Waals surface area contributed by atoms with Gasteiger partial charge in [-0.25, -0.2) is 4.79 Å². The lowest BCUT2D eigenvalue weighted by Crippen LogP contribution is -2.49. The minimum atomic E-state index is -0.476. The molecule has 0 aliphatic carbocycles. The van der Waals surface area contributed by atoms with E-state index in [1.54, 1.807) is 25.2 Å². The highest BCUT2D eigenvalue weighted by atomic mass is 16.5. The predicted octanol–water partition coefficient (Wildman–Crippen LogP) is 2.67. The van der Waals surface area contributed by atoms with E-state index in [1.807, 2.05) is 24.8 Å². The molecule has 1 heterocycles. The summed E-state index contributed by atoms with van der Waals surface area (Å²) in [6.07, 6.45) is 3.15. The molecule has 1 amide bonds. The summed E-state index contributed by atoms with van der Waals surface area (Å²) in [4.78, 5) is 26.3. The lowest BCUT2D eigenvalue weighted by molar-refractivity contribution is -0.140. The van der Waals surface area contributed by atoms with Crippen LogP contribution in [0.1, 0.15) is 43.5 Å². The van der Waals surface area contributed by atoms with Crippen LogP contribution in [0.15, 0.2) is 24.3 Å². The summed E-state index contributed by atoms with van der Waals surface area (Å²) in [5, 5.41) is 2.95. The molecule has 0 bridgehead atoms. The second kappa shape index (κ2) is 7.29. The number of nitrogens with zero attached hydrogens (tertiary/aromatic N) is 1. The van der Waals surface area contributed by atoms with Crippen molar-refractivity contribution in [1.82, 2.24) is 4.90 Å². The number of carbonyl (C=O) groups excluding carboxylic acids is 2. The number of carbonyl (C=O) groups is 2. The normalized spacial score (nSPS) is 21.3. The molecule has 5 heteroatoms. The van der Waals surface area contributed by atoms with Crippen molar-refractivity contribution in [3.63, 3.8) is 0 Å². The number of ether oxygens (including phenoxy) is 1. The van der Waals surface area contributed by atoms with E-state index in [1.165, 1.54) is 0 Å². The number of benzene rings is 1. The highest BCUT2D eigenvalue weighted by Crippen LogP contribution is 2.22. The average molecular weight is 304 g/mol. The van der Waals surface area contributed by atoms with Gasteiger partial charge in [-0.05, 0) is 45.2 Å². The van der Waals surface area contributed by atoms with E-state index in [4.69, 9.17) is 4.74 Å². The quantitative estimate of drug-likeness (QED) is 0.869. The summed E-state index contributed by atoms with van der Waals surface area (Å²) >= 11 is 0. The van der Waals surface area contributed by atoms with Gasteiger partial charge in [0.05, 0.1) is 5.56 Å². The van der Waals surface area contributed by atoms with E-state index in [0.717, 1.165) is 19.3 Å². The lowest BCUT2D eigenvalue weighted by atomic mass is 9.97. The summed E-state index contributed by atoms with van der Waals surface area (Å²) < 4.78 is 5.21. The van der Waals surface area contributed by atoms with Crippen molar-refractivity contribution >= 4 is 17.6 Å². The van der Waals surface area contributed by atoms with Crippen LogP contribution in [-0.2, 0) is 9.53 Å². The molecule has 0 saturated carbocycles. The zero-order valence-corrected chi connectivity index (χ0v) is 13.5. The summed E-state index contributed by atoms with van der Waals surface area (Å²) in [6.45, 7) is 3.89. The number of likely N-dealkylation sites (tertiary alicyclic amines) is 1. The Labute approximate surface area is 131 Å². The van der Waals surface area contributed by atoms with E-state index < -0.39 is 5.97 Å². The third kappa shape index (κ3) is 3.59. The molecule has 1 fully saturated rings. The van der Waals surface area contributed by atoms with E-state index >= 15 is 0 Å². The minimum Gasteiger partial charge on any atom is -0.452 e. The van der Waals surface area contributed by atoms with Gasteiger partial charge in [-0.1, -0.05) is 12.1 Å². The molecular weight excluding hydrogens is 280 g/mol. The maximum Gasteiger partial charge on any atom is 0.340 e. The van der Waals surface area contributed by atoms with Gasteiger partial charge >= 0.3 is 5.97 Å². The first kappa shape index (κ1) is 16.3. The monoisotopic (exact) mass is 304 g/mol. The van der Waals surface area contributed by atoms with Crippen LogP contribution in [0.4, 0.5) is 5.69 Å². The summed E-state index contributed by atoms with van der Waals surface area (Å²) in [7, 11) is 1.74. The Morgan fingerprint density at radius 1 is 1.23 bits per heavy atom. The fraction of sp³-hybridized carbons (Fsp3) is 0.529. The van der Waals surface area contributed by atoms with Crippen LogP contribution in [0.2, 0.25) is 0 Å². The summed E-state index contributed by atoms with van der Waals surface area (Å²) in [5.74, 6) is -0.592. The second-order valence-electron chi connectivity index (χ2n) is 5.80. The van der Waals surface area contributed by atoms with Crippen molar-refractivity contribution in [2.75, 3.05) is 19.0 Å². The van der Waals surface area contributed by atoms with Crippen LogP contribution in [-0.4, -0.2) is 42.5 Å². The molecule has 1 N–H and O–H groups in total. The SMILES string of the molecule is CNc1ccccc1C(=O)OCC(=O)N1[C@H](C)CCC[C@@H]1C. The smallest absolute Gasteiger partial charge is 0.340 e. The van der Waals surface area contributed by atoms with Gasteiger partial charge in [0, 0.05) is 24.8 Å². The largest absolute Gasteiger partial charge is 0.452 e. The number of anilines is 1. The van der Waals surface area contributed by atoms with E-state index in [-0.39, 0.29) is 24.6 Å². The van der Waals surface area contributed by atoms with Crippen LogP contribution in [0, 0.1) is 0 Å². The van der Waals surface area contributed by atoms with E-state index in [2.05, 4.69) is 5.32 Å². The fourth-order valence-corrected chi connectivity index (χ4v) is 3.07. The van der Waals surface area contributed by atoms with E-state index in [0.29, 0.717) is 11.3 Å². The zero-order chi connectivity index (χ0) is 16.1. The summed E-state index contributed by atoms with van der Waals surface area (Å²) in [6, 6.07) is 7.51. The fourth-order valence-electron chi connectivity index (χ4n) is 3.07. The third-order valence-electron chi connectivity index (χ3n) is 4.22. The Morgan fingerprint density at radius 3 is 2.50 bits per heavy atom. The molecule has 0 unspecified atom stereocenters. The predicted molar refractivity (Wildman–Crippen MR) is 85.9 cm³/mol. The van der Waals surface area contributed by atoms with Gasteiger partial charge in [0.25, 0.3) is 5.91 Å². The van der Waals surface area contributed by atoms with Crippen LogP contribution in [0.25, 0.3) is 0 Å². The Balaban J connectivity index is 1.97. The topological polar surface area (TPSA) is 58.6 Å². The number of nitrogens with one attached hydrogen (secondary N) is 1. The molecule has 1 aromatic rings. The van der Waals surface area contributed by atoms with Crippen LogP contribution in [0.3, 0.4) is 0 Å². The summed E-state index contributed by atoms with van der Waals surface area (Å²) in [5.41, 5.74) is 1.14. The molecule has 1 aliphatic rings. The highest BCUT2D eigenvalue weighted by molar-refractivity contribution is 5.96.